The van der Waals surface area contributed by atoms with Gasteiger partial charge in [0.15, 0.2) is 0 Å². The summed E-state index contributed by atoms with van der Waals surface area (Å²) in [6.45, 7) is 3.60. The van der Waals surface area contributed by atoms with E-state index in [1.807, 2.05) is 24.3 Å². The van der Waals surface area contributed by atoms with Crippen molar-refractivity contribution >= 4 is 11.6 Å². The third-order valence-electron chi connectivity index (χ3n) is 3.70. The van der Waals surface area contributed by atoms with Gasteiger partial charge in [0, 0.05) is 11.6 Å². The van der Waals surface area contributed by atoms with Crippen molar-refractivity contribution in [3.05, 3.63) is 29.3 Å². The van der Waals surface area contributed by atoms with Crippen molar-refractivity contribution in [1.82, 2.24) is 4.90 Å². The highest BCUT2D eigenvalue weighted by atomic mass is 35.5. The Hall–Kier alpha value is -0.730. The highest BCUT2D eigenvalue weighted by molar-refractivity contribution is 6.30. The summed E-state index contributed by atoms with van der Waals surface area (Å²) in [6.07, 6.45) is 2.96. The number of hydrogen-bond acceptors (Lipinski definition) is 2. The van der Waals surface area contributed by atoms with Crippen LogP contribution in [0.5, 0.6) is 5.75 Å². The molecule has 3 aliphatic heterocycles. The zero-order chi connectivity index (χ0) is 11.0. The van der Waals surface area contributed by atoms with E-state index in [2.05, 4.69) is 4.90 Å². The predicted octanol–water partition coefficient (Wildman–Crippen LogP) is 2.81. The lowest BCUT2D eigenvalue weighted by Crippen LogP contribution is -2.52. The lowest BCUT2D eigenvalue weighted by Gasteiger charge is -2.44. The van der Waals surface area contributed by atoms with Crippen molar-refractivity contribution in [2.24, 2.45) is 5.92 Å². The molecule has 0 amide bonds. The number of benzene rings is 1. The van der Waals surface area contributed by atoms with Gasteiger partial charge in [-0.3, -0.25) is 4.90 Å². The third kappa shape index (κ3) is 2.04. The van der Waals surface area contributed by atoms with E-state index in [9.17, 15) is 0 Å². The second-order valence-electron chi connectivity index (χ2n) is 4.75. The molecule has 16 heavy (non-hydrogen) atoms. The van der Waals surface area contributed by atoms with E-state index in [1.54, 1.807) is 0 Å². The Morgan fingerprint density at radius 3 is 2.38 bits per heavy atom. The molecule has 86 valence electrons. The summed E-state index contributed by atoms with van der Waals surface area (Å²) in [5.41, 5.74) is 0. The van der Waals surface area contributed by atoms with Gasteiger partial charge >= 0.3 is 0 Å². The van der Waals surface area contributed by atoms with Gasteiger partial charge in [-0.05, 0) is 56.1 Å². The van der Waals surface area contributed by atoms with Crippen LogP contribution in [0.3, 0.4) is 0 Å². The molecule has 3 fully saturated rings. The summed E-state index contributed by atoms with van der Waals surface area (Å²) in [4.78, 5) is 2.50. The molecule has 3 aliphatic rings. The van der Waals surface area contributed by atoms with Crippen LogP contribution in [-0.2, 0) is 0 Å². The highest BCUT2D eigenvalue weighted by Gasteiger charge is 2.35. The van der Waals surface area contributed by atoms with Gasteiger partial charge in [0.2, 0.25) is 0 Å². The molecule has 0 spiro atoms. The smallest absolute Gasteiger partial charge is 0.119 e. The Morgan fingerprint density at radius 2 is 1.81 bits per heavy atom. The van der Waals surface area contributed by atoms with E-state index in [-0.39, 0.29) is 0 Å². The molecule has 4 rings (SSSR count). The van der Waals surface area contributed by atoms with Crippen molar-refractivity contribution in [3.8, 4) is 5.75 Å². The molecule has 1 atom stereocenters. The Bertz CT molecular complexity index is 357. The normalized spacial score (nSPS) is 32.7. The maximum absolute atomic E-state index is 6.04. The lowest BCUT2D eigenvalue weighted by molar-refractivity contribution is -0.00775. The molecular weight excluding hydrogens is 222 g/mol. The van der Waals surface area contributed by atoms with Crippen LogP contribution in [0.15, 0.2) is 24.3 Å². The minimum absolute atomic E-state index is 0.378. The van der Waals surface area contributed by atoms with Gasteiger partial charge in [-0.15, -0.1) is 0 Å². The maximum Gasteiger partial charge on any atom is 0.119 e. The zero-order valence-electron chi connectivity index (χ0n) is 9.23. The molecule has 3 heteroatoms. The van der Waals surface area contributed by atoms with Crippen molar-refractivity contribution in [1.29, 1.82) is 0 Å². The molecule has 2 bridgehead atoms. The fourth-order valence-corrected chi connectivity index (χ4v) is 2.86. The van der Waals surface area contributed by atoms with Crippen molar-refractivity contribution in [3.63, 3.8) is 0 Å². The Balaban J connectivity index is 1.68. The summed E-state index contributed by atoms with van der Waals surface area (Å²) in [7, 11) is 0. The minimum atomic E-state index is 0.378. The molecule has 0 unspecified atom stereocenters. The summed E-state index contributed by atoms with van der Waals surface area (Å²) in [5.74, 6) is 1.70. The standard InChI is InChI=1S/C13H16ClNO/c14-11-1-3-12(4-2-11)16-13-9-15-7-5-10(13)6-8-15/h1-4,10,13H,5-9H2/t13-/m0/s1. The number of fused-ring (bicyclic) bond motifs is 3. The van der Waals surface area contributed by atoms with Gasteiger partial charge in [0.25, 0.3) is 0 Å². The first-order chi connectivity index (χ1) is 7.81. The van der Waals surface area contributed by atoms with E-state index < -0.39 is 0 Å². The first kappa shape index (κ1) is 10.4. The SMILES string of the molecule is Clc1ccc(O[C@H]2CN3CCC2CC3)cc1. The van der Waals surface area contributed by atoms with Crippen LogP contribution in [-0.4, -0.2) is 30.6 Å². The van der Waals surface area contributed by atoms with E-state index >= 15 is 0 Å². The van der Waals surface area contributed by atoms with Crippen molar-refractivity contribution in [2.75, 3.05) is 19.6 Å². The van der Waals surface area contributed by atoms with Gasteiger partial charge in [-0.25, -0.2) is 0 Å². The first-order valence-corrected chi connectivity index (χ1v) is 6.33. The van der Waals surface area contributed by atoms with Crippen LogP contribution in [0.4, 0.5) is 0 Å². The number of ether oxygens (including phenoxy) is 1. The Kier molecular flexibility index (Phi) is 2.78. The number of nitrogens with zero attached hydrogens (tertiary/aromatic N) is 1. The second-order valence-corrected chi connectivity index (χ2v) is 5.18. The maximum atomic E-state index is 6.04. The summed E-state index contributed by atoms with van der Waals surface area (Å²) in [5, 5.41) is 0.765. The van der Waals surface area contributed by atoms with E-state index in [0.29, 0.717) is 6.10 Å². The van der Waals surface area contributed by atoms with Crippen LogP contribution in [0, 0.1) is 5.92 Å². The zero-order valence-corrected chi connectivity index (χ0v) is 9.99. The average molecular weight is 238 g/mol. The van der Waals surface area contributed by atoms with E-state index in [4.69, 9.17) is 16.3 Å². The lowest BCUT2D eigenvalue weighted by atomic mass is 9.86. The molecule has 0 aromatic heterocycles. The van der Waals surface area contributed by atoms with Crippen LogP contribution in [0.1, 0.15) is 12.8 Å². The molecule has 2 nitrogen and oxygen atoms in total. The molecule has 3 heterocycles. The third-order valence-corrected chi connectivity index (χ3v) is 3.95. The summed E-state index contributed by atoms with van der Waals surface area (Å²) < 4.78 is 6.04. The largest absolute Gasteiger partial charge is 0.489 e. The van der Waals surface area contributed by atoms with Crippen molar-refractivity contribution in [2.45, 2.75) is 18.9 Å². The second kappa shape index (κ2) is 4.27. The molecule has 3 saturated heterocycles. The summed E-state index contributed by atoms with van der Waals surface area (Å²) in [6, 6.07) is 7.69. The Labute approximate surface area is 101 Å². The predicted molar refractivity (Wildman–Crippen MR) is 65.0 cm³/mol. The number of piperidine rings is 3. The number of rotatable bonds is 2. The van der Waals surface area contributed by atoms with Gasteiger partial charge in [0.05, 0.1) is 0 Å². The molecular formula is C13H16ClNO. The van der Waals surface area contributed by atoms with Crippen LogP contribution in [0.2, 0.25) is 5.02 Å². The molecule has 0 saturated carbocycles. The first-order valence-electron chi connectivity index (χ1n) is 5.96. The van der Waals surface area contributed by atoms with Crippen LogP contribution < -0.4 is 4.74 Å². The van der Waals surface area contributed by atoms with Crippen LogP contribution >= 0.6 is 11.6 Å². The number of halogens is 1. The summed E-state index contributed by atoms with van der Waals surface area (Å²) >= 11 is 5.85. The molecule has 0 radical (unpaired) electrons. The molecule has 0 N–H and O–H groups in total. The number of hydrogen-bond donors (Lipinski definition) is 0. The molecule has 1 aromatic rings. The Morgan fingerprint density at radius 1 is 1.12 bits per heavy atom. The molecule has 0 aliphatic carbocycles. The van der Waals surface area contributed by atoms with Gasteiger partial charge in [-0.1, -0.05) is 11.6 Å². The van der Waals surface area contributed by atoms with Gasteiger partial charge in [0.1, 0.15) is 11.9 Å². The minimum Gasteiger partial charge on any atom is -0.489 e. The fourth-order valence-electron chi connectivity index (χ4n) is 2.73. The van der Waals surface area contributed by atoms with E-state index in [0.717, 1.165) is 23.2 Å². The van der Waals surface area contributed by atoms with Gasteiger partial charge < -0.3 is 4.74 Å². The fraction of sp³-hybridized carbons (Fsp3) is 0.538. The monoisotopic (exact) mass is 237 g/mol. The average Bonchev–Trinajstić information content (AvgIpc) is 2.34. The van der Waals surface area contributed by atoms with Crippen molar-refractivity contribution < 1.29 is 4.74 Å². The van der Waals surface area contributed by atoms with Crippen LogP contribution in [0.25, 0.3) is 0 Å². The topological polar surface area (TPSA) is 12.5 Å². The quantitative estimate of drug-likeness (QED) is 0.784. The van der Waals surface area contributed by atoms with E-state index in [1.165, 1.54) is 25.9 Å². The molecule has 1 aromatic carbocycles. The van der Waals surface area contributed by atoms with Gasteiger partial charge in [-0.2, -0.15) is 0 Å². The highest BCUT2D eigenvalue weighted by Crippen LogP contribution is 2.30.